The lowest BCUT2D eigenvalue weighted by atomic mass is 10.0. The van der Waals surface area contributed by atoms with Gasteiger partial charge in [-0.1, -0.05) is 24.3 Å². The molecule has 0 radical (unpaired) electrons. The molecular weight excluding hydrogens is 403 g/mol. The standard InChI is InChI=1S/C19H17FN2O4S2/c20-12-4-3-5-13(10-12)28(24,25)22-8-9-26-15(11-22)17-14-6-1-2-7-16(14)27-18(17)19(21)23/h1-7,10,15H,8-9,11H2,(H2,21,23)/t15-/m0/s1. The molecule has 0 saturated carbocycles. The van der Waals surface area contributed by atoms with Crippen molar-refractivity contribution in [3.8, 4) is 0 Å². The summed E-state index contributed by atoms with van der Waals surface area (Å²) in [4.78, 5) is 12.2. The fourth-order valence-electron chi connectivity index (χ4n) is 3.36. The van der Waals surface area contributed by atoms with Crippen LogP contribution in [-0.4, -0.2) is 38.3 Å². The number of ether oxygens (including phenoxy) is 1. The molecule has 9 heteroatoms. The zero-order chi connectivity index (χ0) is 19.9. The average Bonchev–Trinajstić information content (AvgIpc) is 3.08. The van der Waals surface area contributed by atoms with E-state index in [0.717, 1.165) is 16.2 Å². The summed E-state index contributed by atoms with van der Waals surface area (Å²) in [5.74, 6) is -1.20. The third kappa shape index (κ3) is 3.30. The zero-order valence-electron chi connectivity index (χ0n) is 14.7. The third-order valence-corrected chi connectivity index (χ3v) is 7.70. The molecule has 1 aliphatic heterocycles. The van der Waals surface area contributed by atoms with E-state index in [-0.39, 0.29) is 24.6 Å². The van der Waals surface area contributed by atoms with E-state index in [1.807, 2.05) is 24.3 Å². The molecule has 0 bridgehead atoms. The van der Waals surface area contributed by atoms with Gasteiger partial charge in [-0.3, -0.25) is 4.79 Å². The number of carbonyl (C=O) groups excluding carboxylic acids is 1. The lowest BCUT2D eigenvalue weighted by Gasteiger charge is -2.32. The van der Waals surface area contributed by atoms with Gasteiger partial charge in [0.2, 0.25) is 10.0 Å². The van der Waals surface area contributed by atoms with Crippen LogP contribution in [0.25, 0.3) is 10.1 Å². The van der Waals surface area contributed by atoms with Gasteiger partial charge >= 0.3 is 0 Å². The molecule has 0 aliphatic carbocycles. The summed E-state index contributed by atoms with van der Waals surface area (Å²) >= 11 is 1.26. The number of nitrogens with two attached hydrogens (primary N) is 1. The first-order chi connectivity index (χ1) is 13.4. The molecule has 146 valence electrons. The Labute approximate surface area is 165 Å². The Morgan fingerprint density at radius 3 is 2.75 bits per heavy atom. The van der Waals surface area contributed by atoms with Crippen molar-refractivity contribution in [1.82, 2.24) is 4.31 Å². The van der Waals surface area contributed by atoms with Crippen LogP contribution in [-0.2, 0) is 14.8 Å². The van der Waals surface area contributed by atoms with Crippen molar-refractivity contribution < 1.29 is 22.3 Å². The second-order valence-electron chi connectivity index (χ2n) is 6.39. The highest BCUT2D eigenvalue weighted by molar-refractivity contribution is 7.89. The second-order valence-corrected chi connectivity index (χ2v) is 9.38. The van der Waals surface area contributed by atoms with E-state index in [9.17, 15) is 17.6 Å². The lowest BCUT2D eigenvalue weighted by molar-refractivity contribution is -0.00189. The molecule has 3 aromatic rings. The Balaban J connectivity index is 1.73. The van der Waals surface area contributed by atoms with Gasteiger partial charge < -0.3 is 10.5 Å². The molecule has 2 heterocycles. The second kappa shape index (κ2) is 7.25. The number of hydrogen-bond donors (Lipinski definition) is 1. The van der Waals surface area contributed by atoms with Gasteiger partial charge in [0.25, 0.3) is 5.91 Å². The Hall–Kier alpha value is -2.33. The van der Waals surface area contributed by atoms with E-state index < -0.39 is 27.9 Å². The van der Waals surface area contributed by atoms with Crippen molar-refractivity contribution in [1.29, 1.82) is 0 Å². The smallest absolute Gasteiger partial charge is 0.259 e. The van der Waals surface area contributed by atoms with Gasteiger partial charge in [0, 0.05) is 23.4 Å². The molecule has 1 saturated heterocycles. The predicted octanol–water partition coefficient (Wildman–Crippen LogP) is 2.90. The van der Waals surface area contributed by atoms with Crippen molar-refractivity contribution in [3.63, 3.8) is 0 Å². The molecule has 1 fully saturated rings. The molecule has 1 amide bonds. The molecule has 0 spiro atoms. The van der Waals surface area contributed by atoms with Crippen molar-refractivity contribution in [2.75, 3.05) is 19.7 Å². The molecule has 6 nitrogen and oxygen atoms in total. The lowest BCUT2D eigenvalue weighted by Crippen LogP contribution is -2.42. The first-order valence-electron chi connectivity index (χ1n) is 8.56. The third-order valence-electron chi connectivity index (χ3n) is 4.64. The minimum absolute atomic E-state index is 0.0137. The first-order valence-corrected chi connectivity index (χ1v) is 10.8. The SMILES string of the molecule is NC(=O)c1sc2ccccc2c1[C@@H]1CN(S(=O)(=O)c2cccc(F)c2)CCO1. The van der Waals surface area contributed by atoms with Crippen LogP contribution in [0.5, 0.6) is 0 Å². The van der Waals surface area contributed by atoms with Crippen LogP contribution in [0.3, 0.4) is 0 Å². The van der Waals surface area contributed by atoms with Crippen LogP contribution in [0.2, 0.25) is 0 Å². The van der Waals surface area contributed by atoms with Crippen molar-refractivity contribution in [2.24, 2.45) is 5.73 Å². The number of halogens is 1. The largest absolute Gasteiger partial charge is 0.371 e. The highest BCUT2D eigenvalue weighted by Gasteiger charge is 2.34. The fourth-order valence-corrected chi connectivity index (χ4v) is 5.93. The summed E-state index contributed by atoms with van der Waals surface area (Å²) in [6.45, 7) is 0.310. The number of carbonyl (C=O) groups is 1. The number of fused-ring (bicyclic) bond motifs is 1. The van der Waals surface area contributed by atoms with Gasteiger partial charge in [0.15, 0.2) is 0 Å². The van der Waals surface area contributed by atoms with Gasteiger partial charge in [0.1, 0.15) is 5.82 Å². The van der Waals surface area contributed by atoms with Gasteiger partial charge in [-0.05, 0) is 29.7 Å². The van der Waals surface area contributed by atoms with Crippen molar-refractivity contribution >= 4 is 37.4 Å². The summed E-state index contributed by atoms with van der Waals surface area (Å²) < 4.78 is 47.4. The number of sulfonamides is 1. The Morgan fingerprint density at radius 2 is 2.00 bits per heavy atom. The number of benzene rings is 2. The van der Waals surface area contributed by atoms with E-state index in [1.54, 1.807) is 0 Å². The summed E-state index contributed by atoms with van der Waals surface area (Å²) in [5.41, 5.74) is 6.16. The highest BCUT2D eigenvalue weighted by Crippen LogP contribution is 2.38. The summed E-state index contributed by atoms with van der Waals surface area (Å²) in [6, 6.07) is 12.3. The number of rotatable bonds is 4. The molecule has 28 heavy (non-hydrogen) atoms. The van der Waals surface area contributed by atoms with E-state index in [4.69, 9.17) is 10.5 Å². The molecule has 1 atom stereocenters. The minimum atomic E-state index is -3.89. The van der Waals surface area contributed by atoms with Crippen molar-refractivity contribution in [2.45, 2.75) is 11.0 Å². The zero-order valence-corrected chi connectivity index (χ0v) is 16.3. The monoisotopic (exact) mass is 420 g/mol. The number of thiophene rings is 1. The van der Waals surface area contributed by atoms with Crippen molar-refractivity contribution in [3.05, 3.63) is 64.8 Å². The molecule has 2 N–H and O–H groups in total. The predicted molar refractivity (Wildman–Crippen MR) is 104 cm³/mol. The molecule has 2 aromatic carbocycles. The van der Waals surface area contributed by atoms with Crippen LogP contribution in [0.15, 0.2) is 53.4 Å². The highest BCUT2D eigenvalue weighted by atomic mass is 32.2. The van der Waals surface area contributed by atoms with Crippen LogP contribution >= 0.6 is 11.3 Å². The van der Waals surface area contributed by atoms with Crippen LogP contribution < -0.4 is 5.73 Å². The molecule has 0 unspecified atom stereocenters. The maximum absolute atomic E-state index is 13.5. The van der Waals surface area contributed by atoms with Crippen LogP contribution in [0, 0.1) is 5.82 Å². The Bertz CT molecular complexity index is 1160. The van der Waals surface area contributed by atoms with E-state index in [2.05, 4.69) is 0 Å². The summed E-state index contributed by atoms with van der Waals surface area (Å²) in [7, 11) is -3.89. The van der Waals surface area contributed by atoms with Gasteiger partial charge in [-0.25, -0.2) is 12.8 Å². The Morgan fingerprint density at radius 1 is 1.21 bits per heavy atom. The fraction of sp³-hybridized carbons (Fsp3) is 0.211. The van der Waals surface area contributed by atoms with Gasteiger partial charge in [0.05, 0.1) is 22.5 Å². The average molecular weight is 420 g/mol. The summed E-state index contributed by atoms with van der Waals surface area (Å²) in [6.07, 6.45) is -0.643. The van der Waals surface area contributed by atoms with E-state index >= 15 is 0 Å². The minimum Gasteiger partial charge on any atom is -0.371 e. The van der Waals surface area contributed by atoms with Gasteiger partial charge in [-0.15, -0.1) is 11.3 Å². The number of amides is 1. The van der Waals surface area contributed by atoms with Crippen LogP contribution in [0.4, 0.5) is 4.39 Å². The summed E-state index contributed by atoms with van der Waals surface area (Å²) in [5, 5.41) is 0.816. The first kappa shape index (κ1) is 19.0. The normalized spacial score (nSPS) is 18.4. The van der Waals surface area contributed by atoms with Gasteiger partial charge in [-0.2, -0.15) is 4.31 Å². The maximum atomic E-state index is 13.5. The Kier molecular flexibility index (Phi) is 4.92. The number of hydrogen-bond acceptors (Lipinski definition) is 5. The molecular formula is C19H17FN2O4S2. The quantitative estimate of drug-likeness (QED) is 0.703. The number of morpholine rings is 1. The molecule has 1 aliphatic rings. The number of primary amides is 1. The van der Waals surface area contributed by atoms with E-state index in [0.29, 0.717) is 10.4 Å². The molecule has 4 rings (SSSR count). The maximum Gasteiger partial charge on any atom is 0.259 e. The van der Waals surface area contributed by atoms with Crippen LogP contribution in [0.1, 0.15) is 21.3 Å². The molecule has 1 aromatic heterocycles. The topological polar surface area (TPSA) is 89.7 Å². The number of nitrogens with zero attached hydrogens (tertiary/aromatic N) is 1. The van der Waals surface area contributed by atoms with E-state index in [1.165, 1.54) is 33.8 Å².